The van der Waals surface area contributed by atoms with Crippen LogP contribution in [0.2, 0.25) is 0 Å². The summed E-state index contributed by atoms with van der Waals surface area (Å²) in [4.78, 5) is 23.7. The second-order valence-electron chi connectivity index (χ2n) is 4.67. The number of hydrogen-bond acceptors (Lipinski definition) is 6. The zero-order chi connectivity index (χ0) is 16.2. The zero-order valence-electron chi connectivity index (χ0n) is 10.8. The fraction of sp³-hybridized carbons (Fsp3) is 0. The van der Waals surface area contributed by atoms with Crippen molar-refractivity contribution in [3.63, 3.8) is 0 Å². The molecule has 3 rings (SSSR count). The average molecular weight is 320 g/mol. The molecule has 2 aromatic rings. The topological polar surface area (TPSA) is 129 Å². The molecule has 0 amide bonds. The van der Waals surface area contributed by atoms with Gasteiger partial charge in [0.15, 0.2) is 11.6 Å². The molecule has 0 radical (unpaired) electrons. The summed E-state index contributed by atoms with van der Waals surface area (Å²) in [5.74, 6) is -3.42. The molecule has 0 fully saturated rings. The molecule has 7 nitrogen and oxygen atoms in total. The van der Waals surface area contributed by atoms with Crippen LogP contribution < -0.4 is 0 Å². The van der Waals surface area contributed by atoms with Crippen molar-refractivity contribution >= 4 is 21.7 Å². The van der Waals surface area contributed by atoms with Gasteiger partial charge in [0.1, 0.15) is 16.4 Å². The van der Waals surface area contributed by atoms with Crippen molar-refractivity contribution in [3.05, 3.63) is 52.6 Å². The fourth-order valence-electron chi connectivity index (χ4n) is 2.43. The number of ketones is 2. The first-order valence-electron chi connectivity index (χ1n) is 5.98. The van der Waals surface area contributed by atoms with Gasteiger partial charge in [-0.2, -0.15) is 8.42 Å². The monoisotopic (exact) mass is 320 g/mol. The molecule has 1 aliphatic rings. The van der Waals surface area contributed by atoms with Gasteiger partial charge in [-0.3, -0.25) is 14.1 Å². The molecule has 22 heavy (non-hydrogen) atoms. The van der Waals surface area contributed by atoms with Crippen molar-refractivity contribution in [3.8, 4) is 11.5 Å². The minimum absolute atomic E-state index is 0.0258. The summed E-state index contributed by atoms with van der Waals surface area (Å²) in [5, 5.41) is 19.9. The van der Waals surface area contributed by atoms with Crippen LogP contribution in [0.3, 0.4) is 0 Å². The number of fused-ring (bicyclic) bond motifs is 2. The predicted octanol–water partition coefficient (Wildman–Crippen LogP) is 1.12. The van der Waals surface area contributed by atoms with E-state index >= 15 is 0 Å². The van der Waals surface area contributed by atoms with Gasteiger partial charge in [0, 0.05) is 17.2 Å². The molecule has 0 saturated carbocycles. The summed E-state index contributed by atoms with van der Waals surface area (Å²) >= 11 is 0. The Hall–Kier alpha value is -2.71. The molecule has 8 heteroatoms. The standard InChI is InChI=1S/C14H8O7S/c15-8-5-9(22(19,20)21)14(18)11-10(8)12(16)6-3-1-2-4-7(6)13(11)17/h1-5,15,18H,(H,19,20,21). The van der Waals surface area contributed by atoms with E-state index in [1.165, 1.54) is 24.3 Å². The lowest BCUT2D eigenvalue weighted by Crippen LogP contribution is -2.22. The maximum absolute atomic E-state index is 12.4. The number of benzene rings is 2. The van der Waals surface area contributed by atoms with E-state index < -0.39 is 49.2 Å². The van der Waals surface area contributed by atoms with Crippen LogP contribution in [0.25, 0.3) is 0 Å². The predicted molar refractivity (Wildman–Crippen MR) is 72.9 cm³/mol. The molecular weight excluding hydrogens is 312 g/mol. The third-order valence-corrected chi connectivity index (χ3v) is 4.26. The van der Waals surface area contributed by atoms with E-state index in [2.05, 4.69) is 0 Å². The van der Waals surface area contributed by atoms with Crippen LogP contribution in [0, 0.1) is 0 Å². The lowest BCUT2D eigenvalue weighted by atomic mass is 9.83. The molecule has 0 heterocycles. The van der Waals surface area contributed by atoms with Crippen molar-refractivity contribution in [2.75, 3.05) is 0 Å². The van der Waals surface area contributed by atoms with Gasteiger partial charge in [0.2, 0.25) is 0 Å². The minimum Gasteiger partial charge on any atom is -0.507 e. The fourth-order valence-corrected chi connectivity index (χ4v) is 3.04. The molecule has 0 bridgehead atoms. The van der Waals surface area contributed by atoms with Crippen molar-refractivity contribution in [1.82, 2.24) is 0 Å². The highest BCUT2D eigenvalue weighted by molar-refractivity contribution is 7.86. The van der Waals surface area contributed by atoms with Crippen molar-refractivity contribution < 1.29 is 32.8 Å². The first-order valence-corrected chi connectivity index (χ1v) is 7.42. The summed E-state index contributed by atoms with van der Waals surface area (Å²) in [6, 6.07) is 6.28. The Morgan fingerprint density at radius 2 is 1.36 bits per heavy atom. The normalized spacial score (nSPS) is 13.7. The number of phenolic OH excluding ortho intramolecular Hbond substituents is 2. The summed E-state index contributed by atoms with van der Waals surface area (Å²) in [7, 11) is -4.88. The van der Waals surface area contributed by atoms with Crippen LogP contribution >= 0.6 is 0 Å². The maximum Gasteiger partial charge on any atom is 0.298 e. The van der Waals surface area contributed by atoms with E-state index in [9.17, 15) is 28.2 Å². The zero-order valence-corrected chi connectivity index (χ0v) is 11.6. The van der Waals surface area contributed by atoms with Crippen LogP contribution in [-0.4, -0.2) is 34.8 Å². The smallest absolute Gasteiger partial charge is 0.298 e. The third kappa shape index (κ3) is 1.81. The molecule has 2 aromatic carbocycles. The number of phenols is 2. The number of aromatic hydroxyl groups is 2. The lowest BCUT2D eigenvalue weighted by molar-refractivity contribution is 0.0973. The summed E-state index contributed by atoms with van der Waals surface area (Å²) in [6.07, 6.45) is 0. The van der Waals surface area contributed by atoms with Crippen LogP contribution in [0.4, 0.5) is 0 Å². The van der Waals surface area contributed by atoms with E-state index in [0.717, 1.165) is 0 Å². The van der Waals surface area contributed by atoms with Gasteiger partial charge in [-0.25, -0.2) is 0 Å². The molecule has 0 aliphatic heterocycles. The van der Waals surface area contributed by atoms with E-state index in [0.29, 0.717) is 6.07 Å². The van der Waals surface area contributed by atoms with E-state index in [1.54, 1.807) is 0 Å². The highest BCUT2D eigenvalue weighted by Crippen LogP contribution is 2.41. The average Bonchev–Trinajstić information content (AvgIpc) is 2.45. The molecule has 0 atom stereocenters. The molecule has 0 saturated heterocycles. The largest absolute Gasteiger partial charge is 0.507 e. The van der Waals surface area contributed by atoms with Gasteiger partial charge in [-0.15, -0.1) is 0 Å². The Bertz CT molecular complexity index is 957. The minimum atomic E-state index is -4.88. The van der Waals surface area contributed by atoms with Gasteiger partial charge >= 0.3 is 0 Å². The van der Waals surface area contributed by atoms with Crippen molar-refractivity contribution in [2.45, 2.75) is 4.90 Å². The second-order valence-corrected chi connectivity index (χ2v) is 6.06. The summed E-state index contributed by atoms with van der Waals surface area (Å²) in [5.41, 5.74) is -1.12. The highest BCUT2D eigenvalue weighted by atomic mass is 32.2. The van der Waals surface area contributed by atoms with E-state index in [4.69, 9.17) is 4.55 Å². The van der Waals surface area contributed by atoms with Gasteiger partial charge < -0.3 is 10.2 Å². The molecule has 3 N–H and O–H groups in total. The Morgan fingerprint density at radius 3 is 1.86 bits per heavy atom. The summed E-state index contributed by atoms with van der Waals surface area (Å²) < 4.78 is 31.5. The van der Waals surface area contributed by atoms with Gasteiger partial charge in [-0.1, -0.05) is 24.3 Å². The quantitative estimate of drug-likeness (QED) is 0.452. The second kappa shape index (κ2) is 4.39. The van der Waals surface area contributed by atoms with Crippen molar-refractivity contribution in [1.29, 1.82) is 0 Å². The van der Waals surface area contributed by atoms with E-state index in [1.807, 2.05) is 0 Å². The first-order chi connectivity index (χ1) is 10.2. The number of hydrogen-bond donors (Lipinski definition) is 3. The molecule has 0 spiro atoms. The van der Waals surface area contributed by atoms with Gasteiger partial charge in [0.05, 0.1) is 11.1 Å². The molecule has 1 aliphatic carbocycles. The molecule has 0 unspecified atom stereocenters. The maximum atomic E-state index is 12.4. The SMILES string of the molecule is O=C1c2ccccc2C(=O)c2c(O)c(S(=O)(=O)O)cc(O)c21. The Kier molecular flexibility index (Phi) is 2.84. The number of carbonyl (C=O) groups excluding carboxylic acids is 2. The Balaban J connectivity index is 2.44. The Morgan fingerprint density at radius 1 is 0.864 bits per heavy atom. The highest BCUT2D eigenvalue weighted by Gasteiger charge is 2.37. The molecular formula is C14H8O7S. The van der Waals surface area contributed by atoms with Crippen LogP contribution in [-0.2, 0) is 10.1 Å². The number of carbonyl (C=O) groups is 2. The van der Waals surface area contributed by atoms with Gasteiger partial charge in [0.25, 0.3) is 10.1 Å². The van der Waals surface area contributed by atoms with E-state index in [-0.39, 0.29) is 11.1 Å². The lowest BCUT2D eigenvalue weighted by Gasteiger charge is -2.20. The first kappa shape index (κ1) is 14.2. The summed E-state index contributed by atoms with van der Waals surface area (Å²) in [6.45, 7) is 0. The third-order valence-electron chi connectivity index (χ3n) is 3.39. The number of rotatable bonds is 1. The van der Waals surface area contributed by atoms with Crippen LogP contribution in [0.5, 0.6) is 11.5 Å². The molecule has 0 aromatic heterocycles. The van der Waals surface area contributed by atoms with Crippen LogP contribution in [0.1, 0.15) is 31.8 Å². The van der Waals surface area contributed by atoms with Crippen LogP contribution in [0.15, 0.2) is 35.2 Å². The van der Waals surface area contributed by atoms with Crippen molar-refractivity contribution in [2.24, 2.45) is 0 Å². The van der Waals surface area contributed by atoms with Gasteiger partial charge in [-0.05, 0) is 0 Å². The Labute approximate surface area is 124 Å². The molecule has 112 valence electrons.